The quantitative estimate of drug-likeness (QED) is 0.459. The van der Waals surface area contributed by atoms with Crippen molar-refractivity contribution in [3.63, 3.8) is 0 Å². The van der Waals surface area contributed by atoms with Gasteiger partial charge in [0.15, 0.2) is 5.16 Å². The molecule has 0 atom stereocenters. The number of aromatic nitrogens is 3. The van der Waals surface area contributed by atoms with Gasteiger partial charge in [0.25, 0.3) is 0 Å². The molecule has 2 aromatic carbocycles. The molecule has 0 radical (unpaired) electrons. The fourth-order valence-corrected chi connectivity index (χ4v) is 3.41. The normalized spacial score (nSPS) is 10.8. The van der Waals surface area contributed by atoms with Crippen molar-refractivity contribution in [3.05, 3.63) is 78.9 Å². The topological polar surface area (TPSA) is 53.1 Å². The third kappa shape index (κ3) is 3.50. The van der Waals surface area contributed by atoms with E-state index in [1.54, 1.807) is 31.3 Å². The van der Waals surface area contributed by atoms with Gasteiger partial charge in [-0.2, -0.15) is 0 Å². The Bertz CT molecular complexity index is 978. The van der Waals surface area contributed by atoms with Crippen LogP contribution in [0.3, 0.4) is 0 Å². The lowest BCUT2D eigenvalue weighted by Crippen LogP contribution is -1.95. The highest BCUT2D eigenvalue weighted by Gasteiger charge is 2.10. The van der Waals surface area contributed by atoms with Gasteiger partial charge in [0.05, 0.1) is 12.8 Å². The number of hydrogen-bond donors (Lipinski definition) is 0. The lowest BCUT2D eigenvalue weighted by Gasteiger charge is -2.07. The molecule has 0 fully saturated rings. The molecule has 5 nitrogen and oxygen atoms in total. The molecule has 0 bridgehead atoms. The van der Waals surface area contributed by atoms with Crippen molar-refractivity contribution in [2.75, 3.05) is 7.11 Å². The maximum Gasteiger partial charge on any atom is 0.226 e. The van der Waals surface area contributed by atoms with E-state index < -0.39 is 0 Å². The minimum Gasteiger partial charge on any atom is -0.497 e. The first kappa shape index (κ1) is 16.5. The van der Waals surface area contributed by atoms with Gasteiger partial charge in [-0.25, -0.2) is 9.97 Å². The largest absolute Gasteiger partial charge is 0.497 e. The second-order valence-corrected chi connectivity index (χ2v) is 6.52. The average molecular weight is 363 g/mol. The van der Waals surface area contributed by atoms with Crippen molar-refractivity contribution < 1.29 is 9.15 Å². The molecule has 2 heterocycles. The smallest absolute Gasteiger partial charge is 0.226 e. The molecular weight excluding hydrogens is 346 g/mol. The van der Waals surface area contributed by atoms with E-state index in [0.29, 0.717) is 11.6 Å². The van der Waals surface area contributed by atoms with Crippen LogP contribution in [0.1, 0.15) is 5.69 Å². The summed E-state index contributed by atoms with van der Waals surface area (Å²) in [6.07, 6.45) is 5.45. The van der Waals surface area contributed by atoms with E-state index >= 15 is 0 Å². The maximum atomic E-state index is 5.60. The van der Waals surface area contributed by atoms with Gasteiger partial charge in [-0.1, -0.05) is 30.0 Å². The van der Waals surface area contributed by atoms with Crippen LogP contribution in [0.15, 0.2) is 82.8 Å². The second kappa shape index (κ2) is 7.49. The van der Waals surface area contributed by atoms with Crippen molar-refractivity contribution >= 4 is 11.8 Å². The van der Waals surface area contributed by atoms with Gasteiger partial charge >= 0.3 is 0 Å². The Kier molecular flexibility index (Phi) is 4.75. The number of imidazole rings is 1. The van der Waals surface area contributed by atoms with Gasteiger partial charge < -0.3 is 9.15 Å². The van der Waals surface area contributed by atoms with Gasteiger partial charge in [0.1, 0.15) is 12.0 Å². The predicted molar refractivity (Wildman–Crippen MR) is 102 cm³/mol. The first-order valence-electron chi connectivity index (χ1n) is 8.14. The molecule has 0 unspecified atom stereocenters. The van der Waals surface area contributed by atoms with Gasteiger partial charge in [0, 0.05) is 29.4 Å². The second-order valence-electron chi connectivity index (χ2n) is 5.58. The van der Waals surface area contributed by atoms with Crippen LogP contribution in [0.5, 0.6) is 5.75 Å². The summed E-state index contributed by atoms with van der Waals surface area (Å²) in [7, 11) is 1.66. The Labute approximate surface area is 155 Å². The zero-order chi connectivity index (χ0) is 17.8. The fourth-order valence-electron chi connectivity index (χ4n) is 2.56. The molecule has 0 N–H and O–H groups in total. The molecular formula is C20H17N3O2S. The van der Waals surface area contributed by atoms with Crippen LogP contribution >= 0.6 is 11.8 Å². The highest BCUT2D eigenvalue weighted by molar-refractivity contribution is 7.98. The summed E-state index contributed by atoms with van der Waals surface area (Å²) in [4.78, 5) is 9.02. The monoisotopic (exact) mass is 363 g/mol. The number of methoxy groups -OCH3 is 1. The maximum absolute atomic E-state index is 5.60. The van der Waals surface area contributed by atoms with Crippen LogP contribution in [-0.2, 0) is 5.75 Å². The molecule has 6 heteroatoms. The summed E-state index contributed by atoms with van der Waals surface area (Å²) in [6.45, 7) is 0. The van der Waals surface area contributed by atoms with Gasteiger partial charge in [0.2, 0.25) is 5.89 Å². The first-order valence-corrected chi connectivity index (χ1v) is 9.12. The molecule has 0 aliphatic heterocycles. The van der Waals surface area contributed by atoms with E-state index in [1.807, 2.05) is 65.4 Å². The Morgan fingerprint density at radius 3 is 2.65 bits per heavy atom. The number of thioether (sulfide) groups is 1. The number of rotatable bonds is 6. The molecule has 4 aromatic rings. The number of hydrogen-bond acceptors (Lipinski definition) is 5. The molecule has 0 saturated carbocycles. The SMILES string of the molecule is COc1ccc(-n2ccnc2SCc2coc(-c3ccccc3)n2)cc1. The number of nitrogens with zero attached hydrogens (tertiary/aromatic N) is 3. The number of benzene rings is 2. The zero-order valence-electron chi connectivity index (χ0n) is 14.2. The third-order valence-electron chi connectivity index (χ3n) is 3.88. The number of oxazole rings is 1. The van der Waals surface area contributed by atoms with Crippen molar-refractivity contribution in [1.29, 1.82) is 0 Å². The predicted octanol–water partition coefficient (Wildman–Crippen LogP) is 4.83. The van der Waals surface area contributed by atoms with Crippen molar-refractivity contribution in [2.45, 2.75) is 10.9 Å². The van der Waals surface area contributed by atoms with Crippen LogP contribution in [0, 0.1) is 0 Å². The van der Waals surface area contributed by atoms with E-state index in [-0.39, 0.29) is 0 Å². The lowest BCUT2D eigenvalue weighted by atomic mass is 10.2. The standard InChI is InChI=1S/C20H17N3O2S/c1-24-18-9-7-17(8-10-18)23-12-11-21-20(23)26-14-16-13-25-19(22-16)15-5-3-2-4-6-15/h2-13H,14H2,1H3. The Morgan fingerprint density at radius 1 is 1.08 bits per heavy atom. The van der Waals surface area contributed by atoms with Crippen LogP contribution in [0.25, 0.3) is 17.1 Å². The van der Waals surface area contributed by atoms with Crippen LogP contribution in [0.2, 0.25) is 0 Å². The number of ether oxygens (including phenoxy) is 1. The molecule has 4 rings (SSSR count). The minimum atomic E-state index is 0.639. The summed E-state index contributed by atoms with van der Waals surface area (Å²) >= 11 is 1.62. The van der Waals surface area contributed by atoms with Gasteiger partial charge in [-0.15, -0.1) is 0 Å². The molecule has 2 aromatic heterocycles. The van der Waals surface area contributed by atoms with Gasteiger partial charge in [-0.05, 0) is 36.4 Å². The highest BCUT2D eigenvalue weighted by Crippen LogP contribution is 2.26. The van der Waals surface area contributed by atoms with Gasteiger partial charge in [-0.3, -0.25) is 4.57 Å². The van der Waals surface area contributed by atoms with Crippen molar-refractivity contribution in [2.24, 2.45) is 0 Å². The molecule has 0 amide bonds. The molecule has 0 spiro atoms. The van der Waals surface area contributed by atoms with E-state index in [9.17, 15) is 0 Å². The minimum absolute atomic E-state index is 0.639. The lowest BCUT2D eigenvalue weighted by molar-refractivity contribution is 0.414. The summed E-state index contributed by atoms with van der Waals surface area (Å²) in [5.74, 6) is 2.16. The Hall–Kier alpha value is -2.99. The summed E-state index contributed by atoms with van der Waals surface area (Å²) in [5, 5.41) is 0.902. The molecule has 26 heavy (non-hydrogen) atoms. The Balaban J connectivity index is 1.47. The van der Waals surface area contributed by atoms with E-state index in [4.69, 9.17) is 9.15 Å². The summed E-state index contributed by atoms with van der Waals surface area (Å²) in [5.41, 5.74) is 2.90. The van der Waals surface area contributed by atoms with Crippen molar-refractivity contribution in [3.8, 4) is 22.9 Å². The van der Waals surface area contributed by atoms with Crippen molar-refractivity contribution in [1.82, 2.24) is 14.5 Å². The van der Waals surface area contributed by atoms with E-state index in [1.165, 1.54) is 0 Å². The van der Waals surface area contributed by atoms with Crippen LogP contribution in [0.4, 0.5) is 0 Å². The zero-order valence-corrected chi connectivity index (χ0v) is 15.0. The summed E-state index contributed by atoms with van der Waals surface area (Å²) < 4.78 is 12.9. The van der Waals surface area contributed by atoms with E-state index in [2.05, 4.69) is 9.97 Å². The Morgan fingerprint density at radius 2 is 1.88 bits per heavy atom. The molecule has 0 aliphatic rings. The molecule has 0 aliphatic carbocycles. The van der Waals surface area contributed by atoms with E-state index in [0.717, 1.165) is 27.9 Å². The molecule has 0 saturated heterocycles. The first-order chi connectivity index (χ1) is 12.8. The summed E-state index contributed by atoms with van der Waals surface area (Å²) in [6, 6.07) is 17.8. The molecule has 130 valence electrons. The highest BCUT2D eigenvalue weighted by atomic mass is 32.2. The van der Waals surface area contributed by atoms with Crippen LogP contribution < -0.4 is 4.74 Å². The third-order valence-corrected chi connectivity index (χ3v) is 4.88. The van der Waals surface area contributed by atoms with Crippen LogP contribution in [-0.4, -0.2) is 21.6 Å². The average Bonchev–Trinajstić information content (AvgIpc) is 3.36. The fraction of sp³-hybridized carbons (Fsp3) is 0.100.